The minimum absolute atomic E-state index is 0.229. The molecule has 1 atom stereocenters. The van der Waals surface area contributed by atoms with Crippen LogP contribution in [-0.4, -0.2) is 35.6 Å². The summed E-state index contributed by atoms with van der Waals surface area (Å²) < 4.78 is 0. The molecule has 17 heavy (non-hydrogen) atoms. The molecule has 4 nitrogen and oxygen atoms in total. The highest BCUT2D eigenvalue weighted by atomic mass is 16.2. The molecule has 1 aromatic heterocycles. The first-order valence-corrected chi connectivity index (χ1v) is 6.14. The number of nitrogens with zero attached hydrogens (tertiary/aromatic N) is 2. The van der Waals surface area contributed by atoms with Gasteiger partial charge < -0.3 is 10.0 Å². The highest BCUT2D eigenvalue weighted by Gasteiger charge is 2.26. The fourth-order valence-electron chi connectivity index (χ4n) is 2.48. The van der Waals surface area contributed by atoms with Gasteiger partial charge in [0.15, 0.2) is 6.29 Å². The van der Waals surface area contributed by atoms with Gasteiger partial charge in [-0.3, -0.25) is 4.79 Å². The lowest BCUT2D eigenvalue weighted by atomic mass is 10.1. The maximum atomic E-state index is 11.0. The molecule has 0 saturated carbocycles. The Morgan fingerprint density at radius 1 is 1.59 bits per heavy atom. The summed E-state index contributed by atoms with van der Waals surface area (Å²) in [6, 6.07) is 4.00. The van der Waals surface area contributed by atoms with Gasteiger partial charge in [-0.15, -0.1) is 0 Å². The second-order valence-electron chi connectivity index (χ2n) is 4.39. The van der Waals surface area contributed by atoms with Crippen LogP contribution >= 0.6 is 0 Å². The molecule has 1 saturated heterocycles. The quantitative estimate of drug-likeness (QED) is 0.787. The van der Waals surface area contributed by atoms with E-state index in [0.717, 1.165) is 44.3 Å². The van der Waals surface area contributed by atoms with E-state index in [-0.39, 0.29) is 6.61 Å². The Hall–Kier alpha value is -1.42. The van der Waals surface area contributed by atoms with Crippen LogP contribution in [-0.2, 0) is 0 Å². The summed E-state index contributed by atoms with van der Waals surface area (Å²) in [5.74, 6) is 0.794. The lowest BCUT2D eigenvalue weighted by Gasteiger charge is -2.26. The van der Waals surface area contributed by atoms with E-state index in [4.69, 9.17) is 5.11 Å². The summed E-state index contributed by atoms with van der Waals surface area (Å²) in [5.41, 5.74) is 0.656. The van der Waals surface area contributed by atoms with E-state index in [1.54, 1.807) is 18.3 Å². The molecule has 2 heterocycles. The highest BCUT2D eigenvalue weighted by Crippen LogP contribution is 2.28. The van der Waals surface area contributed by atoms with Crippen molar-refractivity contribution < 1.29 is 9.90 Å². The monoisotopic (exact) mass is 234 g/mol. The van der Waals surface area contributed by atoms with Crippen molar-refractivity contribution in [2.75, 3.05) is 18.1 Å². The van der Waals surface area contributed by atoms with Gasteiger partial charge in [0.2, 0.25) is 0 Å². The third-order valence-corrected chi connectivity index (χ3v) is 3.29. The van der Waals surface area contributed by atoms with Crippen LogP contribution in [0.25, 0.3) is 0 Å². The molecule has 0 aliphatic carbocycles. The van der Waals surface area contributed by atoms with Crippen LogP contribution in [0.5, 0.6) is 0 Å². The van der Waals surface area contributed by atoms with Gasteiger partial charge in [-0.1, -0.05) is 0 Å². The third kappa shape index (κ3) is 2.64. The van der Waals surface area contributed by atoms with Gasteiger partial charge >= 0.3 is 0 Å². The molecular formula is C13H18N2O2. The second-order valence-corrected chi connectivity index (χ2v) is 4.39. The van der Waals surface area contributed by atoms with E-state index in [1.165, 1.54) is 0 Å². The number of carbonyl (C=O) groups is 1. The van der Waals surface area contributed by atoms with Gasteiger partial charge in [0.05, 0.1) is 5.56 Å². The van der Waals surface area contributed by atoms with E-state index >= 15 is 0 Å². The molecule has 0 aromatic carbocycles. The Bertz CT molecular complexity index is 381. The van der Waals surface area contributed by atoms with Gasteiger partial charge in [-0.2, -0.15) is 0 Å². The Labute approximate surface area is 101 Å². The number of aldehydes is 1. The predicted molar refractivity (Wildman–Crippen MR) is 66.3 cm³/mol. The number of pyridine rings is 1. The molecule has 1 aliphatic rings. The van der Waals surface area contributed by atoms with Gasteiger partial charge in [-0.05, 0) is 37.8 Å². The highest BCUT2D eigenvalue weighted by molar-refractivity contribution is 5.82. The Morgan fingerprint density at radius 2 is 2.47 bits per heavy atom. The zero-order valence-corrected chi connectivity index (χ0v) is 9.88. The minimum Gasteiger partial charge on any atom is -0.396 e. The van der Waals surface area contributed by atoms with Gasteiger partial charge in [0.25, 0.3) is 0 Å². The SMILES string of the molecule is O=Cc1cccnc1N1CCCC1CCCO. The fraction of sp³-hybridized carbons (Fsp3) is 0.538. The van der Waals surface area contributed by atoms with Crippen LogP contribution in [0.15, 0.2) is 18.3 Å². The number of aliphatic hydroxyl groups is 1. The average Bonchev–Trinajstić information content (AvgIpc) is 2.84. The van der Waals surface area contributed by atoms with E-state index < -0.39 is 0 Å². The van der Waals surface area contributed by atoms with Crippen molar-refractivity contribution in [2.24, 2.45) is 0 Å². The lowest BCUT2D eigenvalue weighted by Crippen LogP contribution is -2.31. The van der Waals surface area contributed by atoms with Crippen LogP contribution in [0.4, 0.5) is 5.82 Å². The van der Waals surface area contributed by atoms with E-state index in [1.807, 2.05) is 0 Å². The van der Waals surface area contributed by atoms with Crippen LogP contribution in [0.3, 0.4) is 0 Å². The largest absolute Gasteiger partial charge is 0.396 e. The van der Waals surface area contributed by atoms with Crippen LogP contribution < -0.4 is 4.90 Å². The summed E-state index contributed by atoms with van der Waals surface area (Å²) in [6.07, 6.45) is 6.61. The number of aliphatic hydroxyl groups excluding tert-OH is 1. The first-order valence-electron chi connectivity index (χ1n) is 6.14. The molecule has 0 amide bonds. The molecule has 1 N–H and O–H groups in total. The van der Waals surface area contributed by atoms with Gasteiger partial charge in [0, 0.05) is 25.4 Å². The van der Waals surface area contributed by atoms with Gasteiger partial charge in [-0.25, -0.2) is 4.98 Å². The number of aromatic nitrogens is 1. The molecule has 92 valence electrons. The number of rotatable bonds is 5. The van der Waals surface area contributed by atoms with Crippen molar-refractivity contribution >= 4 is 12.1 Å². The second kappa shape index (κ2) is 5.77. The van der Waals surface area contributed by atoms with Crippen molar-refractivity contribution in [1.29, 1.82) is 0 Å². The third-order valence-electron chi connectivity index (χ3n) is 3.29. The first kappa shape index (κ1) is 12.0. The van der Waals surface area contributed by atoms with Crippen molar-refractivity contribution in [3.63, 3.8) is 0 Å². The number of hydrogen-bond acceptors (Lipinski definition) is 4. The summed E-state index contributed by atoms with van der Waals surface area (Å²) >= 11 is 0. The molecule has 0 spiro atoms. The van der Waals surface area contributed by atoms with Crippen LogP contribution in [0.1, 0.15) is 36.0 Å². The topological polar surface area (TPSA) is 53.4 Å². The molecule has 1 aromatic rings. The Morgan fingerprint density at radius 3 is 3.24 bits per heavy atom. The van der Waals surface area contributed by atoms with E-state index in [0.29, 0.717) is 11.6 Å². The molecule has 4 heteroatoms. The summed E-state index contributed by atoms with van der Waals surface area (Å²) in [7, 11) is 0. The normalized spacial score (nSPS) is 19.6. The minimum atomic E-state index is 0.229. The summed E-state index contributed by atoms with van der Waals surface area (Å²) in [4.78, 5) is 17.5. The molecule has 0 radical (unpaired) electrons. The molecular weight excluding hydrogens is 216 g/mol. The Kier molecular flexibility index (Phi) is 4.09. The number of hydrogen-bond donors (Lipinski definition) is 1. The molecule has 1 aliphatic heterocycles. The molecule has 1 unspecified atom stereocenters. The lowest BCUT2D eigenvalue weighted by molar-refractivity contribution is 0.112. The first-order chi connectivity index (χ1) is 8.36. The zero-order valence-electron chi connectivity index (χ0n) is 9.88. The maximum Gasteiger partial charge on any atom is 0.153 e. The standard InChI is InChI=1S/C13H18N2O2/c16-9-3-6-12-5-2-8-15(12)13-11(10-17)4-1-7-14-13/h1,4,7,10,12,16H,2-3,5-6,8-9H2. The molecule has 1 fully saturated rings. The number of carbonyl (C=O) groups excluding carboxylic acids is 1. The summed E-state index contributed by atoms with van der Waals surface area (Å²) in [6.45, 7) is 1.18. The van der Waals surface area contributed by atoms with Gasteiger partial charge in [0.1, 0.15) is 5.82 Å². The van der Waals surface area contributed by atoms with E-state index in [9.17, 15) is 4.79 Å². The fourth-order valence-corrected chi connectivity index (χ4v) is 2.48. The van der Waals surface area contributed by atoms with Crippen molar-refractivity contribution in [3.05, 3.63) is 23.9 Å². The predicted octanol–water partition coefficient (Wildman–Crippen LogP) is 1.64. The number of anilines is 1. The average molecular weight is 234 g/mol. The van der Waals surface area contributed by atoms with Crippen LogP contribution in [0, 0.1) is 0 Å². The Balaban J connectivity index is 2.16. The maximum absolute atomic E-state index is 11.0. The van der Waals surface area contributed by atoms with Crippen LogP contribution in [0.2, 0.25) is 0 Å². The van der Waals surface area contributed by atoms with E-state index in [2.05, 4.69) is 9.88 Å². The molecule has 2 rings (SSSR count). The smallest absolute Gasteiger partial charge is 0.153 e. The van der Waals surface area contributed by atoms with Crippen molar-refractivity contribution in [1.82, 2.24) is 4.98 Å². The summed E-state index contributed by atoms with van der Waals surface area (Å²) in [5, 5.41) is 8.89. The van der Waals surface area contributed by atoms with Crippen molar-refractivity contribution in [3.8, 4) is 0 Å². The zero-order chi connectivity index (χ0) is 12.1. The molecule has 0 bridgehead atoms. The van der Waals surface area contributed by atoms with Crippen molar-refractivity contribution in [2.45, 2.75) is 31.7 Å².